The molecule has 0 aliphatic rings. The summed E-state index contributed by atoms with van der Waals surface area (Å²) in [5, 5.41) is 3.34. The lowest BCUT2D eigenvalue weighted by atomic mass is 10.1. The first kappa shape index (κ1) is 19.7. The molecule has 6 heteroatoms. The van der Waals surface area contributed by atoms with Gasteiger partial charge in [0, 0.05) is 11.9 Å². The zero-order valence-corrected chi connectivity index (χ0v) is 15.0. The van der Waals surface area contributed by atoms with Crippen molar-refractivity contribution in [3.63, 3.8) is 0 Å². The summed E-state index contributed by atoms with van der Waals surface area (Å²) in [5.41, 5.74) is -1.01. The highest BCUT2D eigenvalue weighted by Gasteiger charge is 2.28. The van der Waals surface area contributed by atoms with Crippen LogP contribution in [0.1, 0.15) is 41.5 Å². The summed E-state index contributed by atoms with van der Waals surface area (Å²) in [4.78, 5) is 11.7. The third-order valence-corrected chi connectivity index (χ3v) is 3.52. The number of carbonyl (C=O) groups excluding carboxylic acids is 1. The summed E-state index contributed by atoms with van der Waals surface area (Å²) < 4.78 is 16.5. The first-order valence-corrected chi connectivity index (χ1v) is 8.02. The summed E-state index contributed by atoms with van der Waals surface area (Å²) in [6, 6.07) is 0. The Morgan fingerprint density at radius 1 is 1.30 bits per heavy atom. The molecule has 1 N–H and O–H groups in total. The molecule has 0 rings (SSSR count). The standard InChI is InChI=1S/C14H28BrNO4/c1-7-18-8-11(2)19-14(6,9-15)10-16-12(17)20-13(3,4)5/h11H,7-10H2,1-6H3,(H,16,17). The van der Waals surface area contributed by atoms with Crippen LogP contribution < -0.4 is 5.32 Å². The Balaban J connectivity index is 4.26. The Morgan fingerprint density at radius 3 is 2.35 bits per heavy atom. The Hall–Kier alpha value is -0.330. The first-order valence-electron chi connectivity index (χ1n) is 6.90. The lowest BCUT2D eigenvalue weighted by Crippen LogP contribution is -2.47. The van der Waals surface area contributed by atoms with Crippen LogP contribution in [0.2, 0.25) is 0 Å². The van der Waals surface area contributed by atoms with Crippen LogP contribution in [-0.2, 0) is 14.2 Å². The average molecular weight is 354 g/mol. The maximum atomic E-state index is 11.7. The predicted octanol–water partition coefficient (Wildman–Crippen LogP) is 3.11. The second-order valence-electron chi connectivity index (χ2n) is 6.03. The maximum Gasteiger partial charge on any atom is 0.407 e. The molecule has 0 spiro atoms. The highest BCUT2D eigenvalue weighted by atomic mass is 79.9. The summed E-state index contributed by atoms with van der Waals surface area (Å²) in [6.45, 7) is 12.9. The van der Waals surface area contributed by atoms with Gasteiger partial charge in [0.15, 0.2) is 0 Å². The van der Waals surface area contributed by atoms with Crippen LogP contribution in [0.4, 0.5) is 4.79 Å². The van der Waals surface area contributed by atoms with Gasteiger partial charge in [-0.15, -0.1) is 0 Å². The van der Waals surface area contributed by atoms with Crippen molar-refractivity contribution in [3.8, 4) is 0 Å². The lowest BCUT2D eigenvalue weighted by Gasteiger charge is -2.32. The van der Waals surface area contributed by atoms with Crippen molar-refractivity contribution in [2.75, 3.05) is 25.1 Å². The van der Waals surface area contributed by atoms with Crippen molar-refractivity contribution in [3.05, 3.63) is 0 Å². The van der Waals surface area contributed by atoms with E-state index in [1.165, 1.54) is 0 Å². The van der Waals surface area contributed by atoms with Gasteiger partial charge in [0.25, 0.3) is 0 Å². The van der Waals surface area contributed by atoms with Gasteiger partial charge in [-0.25, -0.2) is 4.79 Å². The SMILES string of the molecule is CCOCC(C)OC(C)(CBr)CNC(=O)OC(C)(C)C. The molecule has 5 nitrogen and oxygen atoms in total. The van der Waals surface area contributed by atoms with Crippen molar-refractivity contribution in [2.24, 2.45) is 0 Å². The second kappa shape index (κ2) is 8.85. The van der Waals surface area contributed by atoms with Crippen molar-refractivity contribution < 1.29 is 19.0 Å². The molecule has 0 heterocycles. The van der Waals surface area contributed by atoms with Gasteiger partial charge < -0.3 is 19.5 Å². The second-order valence-corrected chi connectivity index (χ2v) is 6.59. The van der Waals surface area contributed by atoms with Gasteiger partial charge in [0.05, 0.1) is 24.9 Å². The molecule has 120 valence electrons. The molecular weight excluding hydrogens is 326 g/mol. The molecule has 20 heavy (non-hydrogen) atoms. The number of hydrogen-bond donors (Lipinski definition) is 1. The number of halogens is 1. The molecule has 0 aromatic heterocycles. The fourth-order valence-electron chi connectivity index (χ4n) is 1.50. The monoisotopic (exact) mass is 353 g/mol. The molecule has 0 aromatic carbocycles. The van der Waals surface area contributed by atoms with Crippen LogP contribution in [0.5, 0.6) is 0 Å². The maximum absolute atomic E-state index is 11.7. The number of alkyl carbamates (subject to hydrolysis) is 1. The topological polar surface area (TPSA) is 56.8 Å². The van der Waals surface area contributed by atoms with E-state index >= 15 is 0 Å². The summed E-state index contributed by atoms with van der Waals surface area (Å²) in [5.74, 6) is 0. The normalized spacial score (nSPS) is 16.4. The van der Waals surface area contributed by atoms with Gasteiger partial charge in [-0.1, -0.05) is 15.9 Å². The van der Waals surface area contributed by atoms with E-state index in [1.54, 1.807) is 0 Å². The first-order chi connectivity index (χ1) is 9.12. The Morgan fingerprint density at radius 2 is 1.90 bits per heavy atom. The van der Waals surface area contributed by atoms with Crippen LogP contribution in [0.3, 0.4) is 0 Å². The van der Waals surface area contributed by atoms with E-state index in [0.29, 0.717) is 25.1 Å². The molecule has 0 saturated carbocycles. The highest BCUT2D eigenvalue weighted by molar-refractivity contribution is 9.09. The van der Waals surface area contributed by atoms with Gasteiger partial charge >= 0.3 is 6.09 Å². The molecule has 0 aromatic rings. The minimum Gasteiger partial charge on any atom is -0.444 e. The third kappa shape index (κ3) is 9.55. The van der Waals surface area contributed by atoms with Crippen LogP contribution >= 0.6 is 15.9 Å². The minimum absolute atomic E-state index is 0.0436. The molecule has 0 saturated heterocycles. The molecule has 0 fully saturated rings. The number of carbonyl (C=O) groups is 1. The number of hydrogen-bond acceptors (Lipinski definition) is 4. The zero-order valence-electron chi connectivity index (χ0n) is 13.4. The van der Waals surface area contributed by atoms with E-state index in [1.807, 2.05) is 41.5 Å². The van der Waals surface area contributed by atoms with E-state index in [0.717, 1.165) is 0 Å². The number of nitrogens with one attached hydrogen (secondary N) is 1. The molecule has 2 atom stereocenters. The third-order valence-electron chi connectivity index (χ3n) is 2.33. The molecule has 1 amide bonds. The average Bonchev–Trinajstić information content (AvgIpc) is 2.32. The summed E-state index contributed by atoms with van der Waals surface area (Å²) in [7, 11) is 0. The number of ether oxygens (including phenoxy) is 3. The smallest absolute Gasteiger partial charge is 0.407 e. The molecule has 2 unspecified atom stereocenters. The van der Waals surface area contributed by atoms with E-state index in [4.69, 9.17) is 14.2 Å². The van der Waals surface area contributed by atoms with Crippen molar-refractivity contribution in [2.45, 2.75) is 58.8 Å². The van der Waals surface area contributed by atoms with Gasteiger partial charge in [-0.3, -0.25) is 0 Å². The van der Waals surface area contributed by atoms with Crippen molar-refractivity contribution in [1.82, 2.24) is 5.32 Å². The van der Waals surface area contributed by atoms with Gasteiger partial charge in [-0.2, -0.15) is 0 Å². The highest BCUT2D eigenvalue weighted by Crippen LogP contribution is 2.16. The number of amides is 1. The Kier molecular flexibility index (Phi) is 8.70. The number of alkyl halides is 1. The van der Waals surface area contributed by atoms with E-state index in [-0.39, 0.29) is 6.10 Å². The van der Waals surface area contributed by atoms with E-state index in [9.17, 15) is 4.79 Å². The Labute approximate surface area is 130 Å². The zero-order chi connectivity index (χ0) is 15.8. The molecular formula is C14H28BrNO4. The van der Waals surface area contributed by atoms with Crippen LogP contribution in [0.25, 0.3) is 0 Å². The van der Waals surface area contributed by atoms with Crippen molar-refractivity contribution >= 4 is 22.0 Å². The van der Waals surface area contributed by atoms with Crippen LogP contribution in [0, 0.1) is 0 Å². The van der Waals surface area contributed by atoms with Gasteiger partial charge in [-0.05, 0) is 41.5 Å². The fraction of sp³-hybridized carbons (Fsp3) is 0.929. The molecule has 0 bridgehead atoms. The quantitative estimate of drug-likeness (QED) is 0.681. The number of rotatable bonds is 8. The molecule has 0 radical (unpaired) electrons. The fourth-order valence-corrected chi connectivity index (χ4v) is 1.83. The van der Waals surface area contributed by atoms with E-state index < -0.39 is 17.3 Å². The van der Waals surface area contributed by atoms with Gasteiger partial charge in [0.2, 0.25) is 0 Å². The molecule has 0 aliphatic carbocycles. The summed E-state index contributed by atoms with van der Waals surface area (Å²) >= 11 is 3.42. The van der Waals surface area contributed by atoms with Gasteiger partial charge in [0.1, 0.15) is 5.60 Å². The van der Waals surface area contributed by atoms with Crippen molar-refractivity contribution in [1.29, 1.82) is 0 Å². The lowest BCUT2D eigenvalue weighted by molar-refractivity contribution is -0.0876. The minimum atomic E-state index is -0.507. The largest absolute Gasteiger partial charge is 0.444 e. The Bertz CT molecular complexity index is 293. The van der Waals surface area contributed by atoms with Crippen LogP contribution in [0.15, 0.2) is 0 Å². The predicted molar refractivity (Wildman–Crippen MR) is 83.5 cm³/mol. The van der Waals surface area contributed by atoms with Crippen LogP contribution in [-0.4, -0.2) is 48.5 Å². The molecule has 0 aliphatic heterocycles. The van der Waals surface area contributed by atoms with E-state index in [2.05, 4.69) is 21.2 Å². The summed E-state index contributed by atoms with van der Waals surface area (Å²) in [6.07, 6.45) is -0.483.